The first kappa shape index (κ1) is 33.7. The van der Waals surface area contributed by atoms with Crippen molar-refractivity contribution < 1.29 is 14.6 Å². The van der Waals surface area contributed by atoms with Gasteiger partial charge in [-0.2, -0.15) is 0 Å². The highest BCUT2D eigenvalue weighted by Crippen LogP contribution is 2.68. The van der Waals surface area contributed by atoms with Gasteiger partial charge in [-0.05, 0) is 142 Å². The summed E-state index contributed by atoms with van der Waals surface area (Å²) in [5, 5.41) is 8.45. The smallest absolute Gasteiger partial charge is 0.310 e. The van der Waals surface area contributed by atoms with Crippen LogP contribution >= 0.6 is 0 Å². The predicted molar refractivity (Wildman–Crippen MR) is 183 cm³/mol. The van der Waals surface area contributed by atoms with E-state index in [0.29, 0.717) is 23.2 Å². The number of aliphatic carboxylic acids is 1. The Labute approximate surface area is 269 Å². The summed E-state index contributed by atoms with van der Waals surface area (Å²) in [5.41, 5.74) is 2.52. The van der Waals surface area contributed by atoms with Crippen LogP contribution in [0.25, 0.3) is 0 Å². The van der Waals surface area contributed by atoms with Gasteiger partial charge in [0, 0.05) is 19.4 Å². The third-order valence-electron chi connectivity index (χ3n) is 13.7. The van der Waals surface area contributed by atoms with Crippen molar-refractivity contribution in [3.8, 4) is 0 Å². The normalized spacial score (nSPS) is 41.6. The molecule has 6 aliphatic carbocycles. The van der Waals surface area contributed by atoms with Gasteiger partial charge in [0.25, 0.3) is 0 Å². The molecule has 0 heterocycles. The molecule has 5 fully saturated rings. The molecule has 0 amide bonds. The van der Waals surface area contributed by atoms with Gasteiger partial charge in [0.1, 0.15) is 0 Å². The Morgan fingerprint density at radius 2 is 1.75 bits per heavy atom. The minimum absolute atomic E-state index is 0.149. The van der Waals surface area contributed by atoms with E-state index in [1.165, 1.54) is 89.2 Å². The third kappa shape index (κ3) is 7.31. The van der Waals surface area contributed by atoms with E-state index in [9.17, 15) is 4.79 Å². The number of hydrogen-bond donors (Lipinski definition) is 1. The maximum absolute atomic E-state index is 10.3. The molecule has 4 nitrogen and oxygen atoms in total. The van der Waals surface area contributed by atoms with Crippen LogP contribution in [0.15, 0.2) is 41.4 Å². The van der Waals surface area contributed by atoms with E-state index < -0.39 is 5.97 Å². The molecule has 9 atom stereocenters. The van der Waals surface area contributed by atoms with Gasteiger partial charge in [0.15, 0.2) is 0 Å². The van der Waals surface area contributed by atoms with Crippen LogP contribution in [0.4, 0.5) is 0 Å². The minimum Gasteiger partial charge on any atom is -0.481 e. The molecule has 6 rings (SSSR count). The lowest BCUT2D eigenvalue weighted by molar-refractivity contribution is -0.162. The van der Waals surface area contributed by atoms with Gasteiger partial charge < -0.3 is 9.84 Å². The molecule has 0 aromatic rings. The fourth-order valence-electron chi connectivity index (χ4n) is 10.6. The highest BCUT2D eigenvalue weighted by Gasteiger charge is 2.60. The Balaban J connectivity index is 0.000000367. The SMILES string of the molecule is CN=C(/C=C/CC1CCC2C3CC[C@H]4CC(C)(OCCC5CC5)CCC4(C)C3CCC12C)C(C)C.O=C(O)C1C=CC=CC1. The molecule has 246 valence electrons. The average Bonchev–Trinajstić information content (AvgIpc) is 3.76. The van der Waals surface area contributed by atoms with Crippen LogP contribution in [0.3, 0.4) is 0 Å². The summed E-state index contributed by atoms with van der Waals surface area (Å²) >= 11 is 0. The summed E-state index contributed by atoms with van der Waals surface area (Å²) in [7, 11) is 1.94. The zero-order valence-electron chi connectivity index (χ0n) is 28.9. The number of carboxylic acid groups (broad SMARTS) is 1. The topological polar surface area (TPSA) is 58.9 Å². The highest BCUT2D eigenvalue weighted by atomic mass is 16.5. The number of carbonyl (C=O) groups is 1. The number of allylic oxidation sites excluding steroid dienone is 5. The number of rotatable bonds is 9. The molecule has 0 aliphatic heterocycles. The fraction of sp³-hybridized carbons (Fsp3) is 0.800. The van der Waals surface area contributed by atoms with Crippen LogP contribution in [0, 0.1) is 58.2 Å². The Kier molecular flexibility index (Phi) is 10.7. The third-order valence-corrected chi connectivity index (χ3v) is 13.7. The molecule has 44 heavy (non-hydrogen) atoms. The molecule has 5 saturated carbocycles. The van der Waals surface area contributed by atoms with Gasteiger partial charge in [0.05, 0.1) is 11.5 Å². The number of aliphatic imine (C=N–C) groups is 1. The van der Waals surface area contributed by atoms with E-state index >= 15 is 0 Å². The highest BCUT2D eigenvalue weighted by molar-refractivity contribution is 5.96. The largest absolute Gasteiger partial charge is 0.481 e. The van der Waals surface area contributed by atoms with Gasteiger partial charge in [-0.25, -0.2) is 0 Å². The van der Waals surface area contributed by atoms with Crippen LogP contribution in [0.5, 0.6) is 0 Å². The number of hydrogen-bond acceptors (Lipinski definition) is 3. The van der Waals surface area contributed by atoms with Crippen molar-refractivity contribution in [3.63, 3.8) is 0 Å². The van der Waals surface area contributed by atoms with E-state index in [4.69, 9.17) is 9.84 Å². The van der Waals surface area contributed by atoms with Crippen LogP contribution in [-0.4, -0.2) is 36.0 Å². The Morgan fingerprint density at radius 1 is 0.977 bits per heavy atom. The van der Waals surface area contributed by atoms with Gasteiger partial charge in [-0.15, -0.1) is 0 Å². The van der Waals surface area contributed by atoms with E-state index in [2.05, 4.69) is 51.8 Å². The van der Waals surface area contributed by atoms with Gasteiger partial charge in [0.2, 0.25) is 0 Å². The van der Waals surface area contributed by atoms with Crippen molar-refractivity contribution in [1.29, 1.82) is 0 Å². The van der Waals surface area contributed by atoms with Gasteiger partial charge in [-0.3, -0.25) is 9.79 Å². The molecule has 0 bridgehead atoms. The van der Waals surface area contributed by atoms with Crippen molar-refractivity contribution in [2.45, 2.75) is 130 Å². The zero-order valence-corrected chi connectivity index (χ0v) is 28.9. The Morgan fingerprint density at radius 3 is 2.39 bits per heavy atom. The number of carboxylic acids is 1. The first-order valence-corrected chi connectivity index (χ1v) is 18.3. The van der Waals surface area contributed by atoms with Gasteiger partial charge >= 0.3 is 5.97 Å². The van der Waals surface area contributed by atoms with E-state index in [0.717, 1.165) is 42.1 Å². The summed E-state index contributed by atoms with van der Waals surface area (Å²) in [4.78, 5) is 14.8. The molecule has 0 aromatic heterocycles. The zero-order chi connectivity index (χ0) is 31.5. The molecule has 0 saturated heterocycles. The first-order valence-electron chi connectivity index (χ1n) is 18.3. The summed E-state index contributed by atoms with van der Waals surface area (Å²) in [6, 6.07) is 0. The van der Waals surface area contributed by atoms with Crippen molar-refractivity contribution in [2.75, 3.05) is 13.7 Å². The maximum Gasteiger partial charge on any atom is 0.310 e. The summed E-state index contributed by atoms with van der Waals surface area (Å²) < 4.78 is 6.61. The first-order chi connectivity index (χ1) is 21.0. The van der Waals surface area contributed by atoms with E-state index in [-0.39, 0.29) is 11.5 Å². The number of ether oxygens (including phenoxy) is 1. The minimum atomic E-state index is -0.740. The summed E-state index contributed by atoms with van der Waals surface area (Å²) in [6.07, 6.45) is 30.9. The van der Waals surface area contributed by atoms with Gasteiger partial charge in [-0.1, -0.05) is 70.9 Å². The van der Waals surface area contributed by atoms with E-state index in [1.807, 2.05) is 19.2 Å². The number of fused-ring (bicyclic) bond motifs is 5. The molecule has 4 heteroatoms. The van der Waals surface area contributed by atoms with E-state index in [1.54, 1.807) is 12.2 Å². The maximum atomic E-state index is 10.3. The average molecular weight is 606 g/mol. The molecule has 0 spiro atoms. The van der Waals surface area contributed by atoms with Crippen LogP contribution in [-0.2, 0) is 9.53 Å². The van der Waals surface area contributed by atoms with Crippen LogP contribution in [0.2, 0.25) is 0 Å². The van der Waals surface area contributed by atoms with Crippen LogP contribution < -0.4 is 0 Å². The Bertz CT molecular complexity index is 1120. The summed E-state index contributed by atoms with van der Waals surface area (Å²) in [5.74, 6) is 5.14. The molecule has 1 N–H and O–H groups in total. The van der Waals surface area contributed by atoms with Crippen molar-refractivity contribution in [2.24, 2.45) is 63.2 Å². The lowest BCUT2D eigenvalue weighted by Gasteiger charge is -2.62. The summed E-state index contributed by atoms with van der Waals surface area (Å²) in [6.45, 7) is 13.4. The Hall–Kier alpha value is -1.68. The predicted octanol–water partition coefficient (Wildman–Crippen LogP) is 10.1. The van der Waals surface area contributed by atoms with Crippen molar-refractivity contribution >= 4 is 11.7 Å². The monoisotopic (exact) mass is 605 g/mol. The van der Waals surface area contributed by atoms with Crippen molar-refractivity contribution in [1.82, 2.24) is 0 Å². The molecular weight excluding hydrogens is 542 g/mol. The second kappa shape index (κ2) is 14.0. The fourth-order valence-corrected chi connectivity index (χ4v) is 10.6. The molecule has 0 radical (unpaired) electrons. The number of nitrogens with zero attached hydrogens (tertiary/aromatic N) is 1. The molecule has 8 unspecified atom stereocenters. The molecule has 6 aliphatic rings. The molecule has 0 aromatic carbocycles. The quantitative estimate of drug-likeness (QED) is 0.266. The lowest BCUT2D eigenvalue weighted by Crippen LogP contribution is -2.55. The standard InChI is InChI=1S/C33H55NO.C7H8O2/c1-23(2)30(34-6)9-7-8-25-13-15-28-27-14-12-26-22-31(3,35-21-17-24-10-11-24)19-20-33(26,5)29(27)16-18-32(25,28)4;8-7(9)6-4-2-1-3-5-6/h7,9,23-29H,8,10-22H2,1-6H3;1-4,6H,5H2,(H,8,9)/b9-7+,34-30?;/t25?,26-,27?,28?,29?,31?,32?,33?;/m0./s1. The second-order valence-corrected chi connectivity index (χ2v) is 16.6. The lowest BCUT2D eigenvalue weighted by atomic mass is 9.44. The van der Waals surface area contributed by atoms with Crippen molar-refractivity contribution in [3.05, 3.63) is 36.5 Å². The second-order valence-electron chi connectivity index (χ2n) is 16.6. The molecular formula is C40H63NO3. The van der Waals surface area contributed by atoms with Crippen LogP contribution in [0.1, 0.15) is 125 Å².